The maximum atomic E-state index is 12.4. The SMILES string of the molecule is Cc1cc(C(=O)NCCCC(=O)c2ccc(OC3CCC(C(=O)O)CC3)nc2)ccc1Cl. The van der Waals surface area contributed by atoms with Crippen LogP contribution in [-0.2, 0) is 4.79 Å². The summed E-state index contributed by atoms with van der Waals surface area (Å²) < 4.78 is 5.83. The lowest BCUT2D eigenvalue weighted by atomic mass is 9.87. The highest BCUT2D eigenvalue weighted by atomic mass is 35.5. The van der Waals surface area contributed by atoms with Gasteiger partial charge in [0.05, 0.1) is 5.92 Å². The van der Waals surface area contributed by atoms with Gasteiger partial charge >= 0.3 is 5.97 Å². The number of hydrogen-bond acceptors (Lipinski definition) is 5. The van der Waals surface area contributed by atoms with Gasteiger partial charge in [-0.15, -0.1) is 0 Å². The molecule has 32 heavy (non-hydrogen) atoms. The van der Waals surface area contributed by atoms with Gasteiger partial charge in [-0.25, -0.2) is 4.98 Å². The number of ether oxygens (including phenoxy) is 1. The Kier molecular flexibility index (Phi) is 8.22. The molecular formula is C24H27ClN2O5. The second-order valence-electron chi connectivity index (χ2n) is 8.06. The van der Waals surface area contributed by atoms with Crippen LogP contribution in [0.3, 0.4) is 0 Å². The van der Waals surface area contributed by atoms with Gasteiger partial charge in [0.2, 0.25) is 5.88 Å². The monoisotopic (exact) mass is 458 g/mol. The van der Waals surface area contributed by atoms with Gasteiger partial charge in [-0.05, 0) is 68.9 Å². The Morgan fingerprint density at radius 1 is 1.12 bits per heavy atom. The first-order valence-corrected chi connectivity index (χ1v) is 11.1. The van der Waals surface area contributed by atoms with Crippen LogP contribution < -0.4 is 10.1 Å². The molecule has 8 heteroatoms. The van der Waals surface area contributed by atoms with E-state index in [2.05, 4.69) is 10.3 Å². The zero-order valence-electron chi connectivity index (χ0n) is 18.0. The van der Waals surface area contributed by atoms with Gasteiger partial charge in [0, 0.05) is 41.4 Å². The maximum Gasteiger partial charge on any atom is 0.306 e. The fourth-order valence-corrected chi connectivity index (χ4v) is 3.81. The van der Waals surface area contributed by atoms with Crippen LogP contribution in [0.15, 0.2) is 36.5 Å². The summed E-state index contributed by atoms with van der Waals surface area (Å²) in [4.78, 5) is 39.8. The van der Waals surface area contributed by atoms with Crippen LogP contribution in [-0.4, -0.2) is 40.4 Å². The number of aryl methyl sites for hydroxylation is 1. The van der Waals surface area contributed by atoms with E-state index in [1.807, 2.05) is 6.92 Å². The van der Waals surface area contributed by atoms with Crippen LogP contribution >= 0.6 is 11.6 Å². The summed E-state index contributed by atoms with van der Waals surface area (Å²) in [5.41, 5.74) is 1.86. The summed E-state index contributed by atoms with van der Waals surface area (Å²) in [6, 6.07) is 8.44. The molecule has 7 nitrogen and oxygen atoms in total. The number of ketones is 1. The first kappa shape index (κ1) is 23.7. The lowest BCUT2D eigenvalue weighted by Crippen LogP contribution is -2.28. The number of carbonyl (C=O) groups excluding carboxylic acids is 2. The molecule has 1 heterocycles. The molecule has 1 aromatic carbocycles. The summed E-state index contributed by atoms with van der Waals surface area (Å²) in [7, 11) is 0. The predicted octanol–water partition coefficient (Wildman–Crippen LogP) is 4.46. The van der Waals surface area contributed by atoms with E-state index < -0.39 is 5.97 Å². The van der Waals surface area contributed by atoms with E-state index in [0.29, 0.717) is 67.1 Å². The molecule has 1 amide bonds. The van der Waals surface area contributed by atoms with Gasteiger partial charge < -0.3 is 15.2 Å². The smallest absolute Gasteiger partial charge is 0.306 e. The number of nitrogens with one attached hydrogen (secondary N) is 1. The predicted molar refractivity (Wildman–Crippen MR) is 120 cm³/mol. The number of nitrogens with zero attached hydrogens (tertiary/aromatic N) is 1. The number of halogens is 1. The summed E-state index contributed by atoms with van der Waals surface area (Å²) >= 11 is 5.98. The second kappa shape index (κ2) is 11.1. The van der Waals surface area contributed by atoms with E-state index in [1.165, 1.54) is 6.20 Å². The third kappa shape index (κ3) is 6.53. The molecule has 1 aliphatic rings. The highest BCUT2D eigenvalue weighted by molar-refractivity contribution is 6.31. The highest BCUT2D eigenvalue weighted by Crippen LogP contribution is 2.27. The number of Topliss-reactive ketones (excluding diaryl/α,β-unsaturated/α-hetero) is 1. The largest absolute Gasteiger partial charge is 0.481 e. The van der Waals surface area contributed by atoms with Crippen molar-refractivity contribution < 1.29 is 24.2 Å². The number of hydrogen-bond donors (Lipinski definition) is 2. The molecular weight excluding hydrogens is 432 g/mol. The highest BCUT2D eigenvalue weighted by Gasteiger charge is 2.27. The van der Waals surface area contributed by atoms with Crippen LogP contribution in [0, 0.1) is 12.8 Å². The topological polar surface area (TPSA) is 106 Å². The molecule has 0 unspecified atom stereocenters. The average molecular weight is 459 g/mol. The molecule has 1 saturated carbocycles. The Bertz CT molecular complexity index is 969. The van der Waals surface area contributed by atoms with Gasteiger partial charge in [-0.2, -0.15) is 0 Å². The van der Waals surface area contributed by atoms with Crippen molar-refractivity contribution in [2.45, 2.75) is 51.6 Å². The quantitative estimate of drug-likeness (QED) is 0.424. The van der Waals surface area contributed by atoms with Crippen molar-refractivity contribution in [2.24, 2.45) is 5.92 Å². The van der Waals surface area contributed by atoms with Gasteiger partial charge in [-0.1, -0.05) is 11.6 Å². The van der Waals surface area contributed by atoms with Gasteiger partial charge in [0.1, 0.15) is 6.10 Å². The zero-order valence-corrected chi connectivity index (χ0v) is 18.7. The van der Waals surface area contributed by atoms with E-state index in [-0.39, 0.29) is 23.7 Å². The number of benzene rings is 1. The van der Waals surface area contributed by atoms with Gasteiger partial charge in [0.15, 0.2) is 5.78 Å². The molecule has 1 aromatic heterocycles. The summed E-state index contributed by atoms with van der Waals surface area (Å²) in [6.45, 7) is 2.23. The minimum Gasteiger partial charge on any atom is -0.481 e. The summed E-state index contributed by atoms with van der Waals surface area (Å²) in [6.07, 6.45) is 4.82. The molecule has 2 N–H and O–H groups in total. The van der Waals surface area contributed by atoms with Crippen molar-refractivity contribution in [3.63, 3.8) is 0 Å². The molecule has 0 spiro atoms. The first-order valence-electron chi connectivity index (χ1n) is 10.8. The summed E-state index contributed by atoms with van der Waals surface area (Å²) in [5.74, 6) is -0.849. The first-order chi connectivity index (χ1) is 15.3. The fraction of sp³-hybridized carbons (Fsp3) is 0.417. The van der Waals surface area contributed by atoms with Gasteiger partial charge in [0.25, 0.3) is 5.91 Å². The van der Waals surface area contributed by atoms with Crippen molar-refractivity contribution in [1.29, 1.82) is 0 Å². The lowest BCUT2D eigenvalue weighted by Gasteiger charge is -2.26. The Morgan fingerprint density at radius 2 is 1.84 bits per heavy atom. The second-order valence-corrected chi connectivity index (χ2v) is 8.47. The molecule has 0 aliphatic heterocycles. The third-order valence-corrected chi connectivity index (χ3v) is 6.08. The standard InChI is InChI=1S/C24H27ClN2O5/c1-15-13-17(6-10-20(15)25)23(29)26-12-2-3-21(28)18-7-11-22(27-14-18)32-19-8-4-16(5-9-19)24(30)31/h6-7,10-11,13-14,16,19H,2-5,8-9,12H2,1H3,(H,26,29)(H,30,31). The number of carboxylic acids is 1. The number of pyridine rings is 1. The van der Waals surface area contributed by atoms with Crippen LogP contribution in [0.1, 0.15) is 64.8 Å². The van der Waals surface area contributed by atoms with E-state index in [1.54, 1.807) is 30.3 Å². The molecule has 2 aromatic rings. The Balaban J connectivity index is 1.39. The number of carboxylic acid groups (broad SMARTS) is 1. The van der Waals surface area contributed by atoms with E-state index in [4.69, 9.17) is 21.4 Å². The molecule has 170 valence electrons. The molecule has 0 radical (unpaired) electrons. The van der Waals surface area contributed by atoms with Gasteiger partial charge in [-0.3, -0.25) is 14.4 Å². The normalized spacial score (nSPS) is 18.1. The molecule has 3 rings (SSSR count). The average Bonchev–Trinajstić information content (AvgIpc) is 2.79. The fourth-order valence-electron chi connectivity index (χ4n) is 3.70. The Hall–Kier alpha value is -2.93. The molecule has 0 saturated heterocycles. The Morgan fingerprint density at radius 3 is 2.47 bits per heavy atom. The van der Waals surface area contributed by atoms with Crippen LogP contribution in [0.5, 0.6) is 5.88 Å². The van der Waals surface area contributed by atoms with Crippen molar-refractivity contribution in [3.8, 4) is 5.88 Å². The number of rotatable bonds is 9. The minimum absolute atomic E-state index is 0.0484. The van der Waals surface area contributed by atoms with E-state index in [0.717, 1.165) is 5.56 Å². The number of aromatic nitrogens is 1. The summed E-state index contributed by atoms with van der Waals surface area (Å²) in [5, 5.41) is 12.5. The molecule has 1 fully saturated rings. The van der Waals surface area contributed by atoms with E-state index in [9.17, 15) is 14.4 Å². The van der Waals surface area contributed by atoms with Crippen molar-refractivity contribution >= 4 is 29.3 Å². The van der Waals surface area contributed by atoms with Crippen molar-refractivity contribution in [3.05, 3.63) is 58.2 Å². The van der Waals surface area contributed by atoms with E-state index >= 15 is 0 Å². The maximum absolute atomic E-state index is 12.4. The van der Waals surface area contributed by atoms with Crippen molar-refractivity contribution in [2.75, 3.05) is 6.54 Å². The minimum atomic E-state index is -0.746. The Labute approximate surface area is 192 Å². The molecule has 0 atom stereocenters. The molecule has 1 aliphatic carbocycles. The lowest BCUT2D eigenvalue weighted by molar-refractivity contribution is -0.143. The third-order valence-electron chi connectivity index (χ3n) is 5.66. The number of amides is 1. The van der Waals surface area contributed by atoms with Crippen LogP contribution in [0.2, 0.25) is 5.02 Å². The molecule has 0 bridgehead atoms. The number of carbonyl (C=O) groups is 3. The number of aliphatic carboxylic acids is 1. The van der Waals surface area contributed by atoms with Crippen molar-refractivity contribution in [1.82, 2.24) is 10.3 Å². The van der Waals surface area contributed by atoms with Crippen LogP contribution in [0.4, 0.5) is 0 Å². The zero-order chi connectivity index (χ0) is 23.1. The van der Waals surface area contributed by atoms with Crippen LogP contribution in [0.25, 0.3) is 0 Å².